The summed E-state index contributed by atoms with van der Waals surface area (Å²) in [5.41, 5.74) is 7.64. The van der Waals surface area contributed by atoms with Crippen LogP contribution in [0.15, 0.2) is 164 Å². The molecule has 0 spiro atoms. The van der Waals surface area contributed by atoms with E-state index in [-0.39, 0.29) is 31.6 Å². The lowest BCUT2D eigenvalue weighted by atomic mass is 9.96. The number of aromatic nitrogens is 3. The fourth-order valence-electron chi connectivity index (χ4n) is 9.58. The molecule has 0 bridgehead atoms. The largest absolute Gasteiger partial charge is 0.374 e. The summed E-state index contributed by atoms with van der Waals surface area (Å²) in [7, 11) is 1.54. The molecular weight excluding hydrogens is 817 g/mol. The van der Waals surface area contributed by atoms with E-state index >= 15 is 0 Å². The molecule has 1 fully saturated rings. The molecule has 0 radical (unpaired) electrons. The molecule has 0 aliphatic carbocycles. The number of fused-ring (bicyclic) bond motifs is 10. The maximum absolute atomic E-state index is 14.4. The van der Waals surface area contributed by atoms with E-state index in [0.29, 0.717) is 46.1 Å². The number of ether oxygens (including phenoxy) is 5. The highest BCUT2D eigenvalue weighted by atomic mass is 16.6. The lowest BCUT2D eigenvalue weighted by Gasteiger charge is -2.47. The van der Waals surface area contributed by atoms with Gasteiger partial charge in [-0.2, -0.15) is 0 Å². The number of H-pyrrole nitrogens is 1. The molecule has 65 heavy (non-hydrogen) atoms. The Kier molecular flexibility index (Phi) is 11.0. The number of carbonyl (C=O) groups is 2. The van der Waals surface area contributed by atoms with E-state index in [0.717, 1.165) is 44.1 Å². The van der Waals surface area contributed by atoms with Gasteiger partial charge in [-0.1, -0.05) is 140 Å². The molecule has 11 nitrogen and oxygen atoms in total. The van der Waals surface area contributed by atoms with Gasteiger partial charge < -0.3 is 33.2 Å². The fraction of sp³-hybridized carbons (Fsp3) is 0.204. The number of nitrogens with one attached hydrogen (secondary N) is 1. The van der Waals surface area contributed by atoms with Crippen molar-refractivity contribution in [1.29, 1.82) is 0 Å². The SMILES string of the molecule is CN1C(=O)c2c(c3c4ccccc4n([C@@H]4O[C@H](COCc5ccccc5)[C@@H](OCc5ccccc5)[C@H](OCc5ccccc5)[C@H]4OCc4ccccc4)c3c3[nH]c4ccncc4c23)C1=O. The second-order valence-electron chi connectivity index (χ2n) is 16.7. The first-order chi connectivity index (χ1) is 32.0. The van der Waals surface area contributed by atoms with E-state index < -0.39 is 30.6 Å². The first-order valence-electron chi connectivity index (χ1n) is 21.9. The molecule has 3 aromatic heterocycles. The Hall–Kier alpha value is -6.99. The molecular formula is C54H46N4O7. The number of carbonyl (C=O) groups excluding carboxylic acids is 2. The van der Waals surface area contributed by atoms with Gasteiger partial charge in [-0.05, 0) is 34.4 Å². The summed E-state index contributed by atoms with van der Waals surface area (Å²) in [5, 5.41) is 2.81. The average molecular weight is 863 g/mol. The lowest BCUT2D eigenvalue weighted by molar-refractivity contribution is -0.288. The van der Waals surface area contributed by atoms with Crippen molar-refractivity contribution in [2.75, 3.05) is 13.7 Å². The van der Waals surface area contributed by atoms with E-state index in [1.165, 1.54) is 11.9 Å². The van der Waals surface area contributed by atoms with E-state index in [4.69, 9.17) is 23.7 Å². The van der Waals surface area contributed by atoms with Gasteiger partial charge in [-0.15, -0.1) is 0 Å². The van der Waals surface area contributed by atoms with Crippen molar-refractivity contribution < 1.29 is 33.3 Å². The number of benzene rings is 6. The minimum atomic E-state index is -0.875. The zero-order valence-corrected chi connectivity index (χ0v) is 35.7. The average Bonchev–Trinajstić information content (AvgIpc) is 3.98. The highest BCUT2D eigenvalue weighted by molar-refractivity contribution is 6.39. The van der Waals surface area contributed by atoms with Crippen LogP contribution in [0.5, 0.6) is 0 Å². The number of aromatic amines is 1. The molecule has 2 amide bonds. The summed E-state index contributed by atoms with van der Waals surface area (Å²) in [6.45, 7) is 1.33. The van der Waals surface area contributed by atoms with Crippen LogP contribution in [0.1, 0.15) is 49.2 Å². The molecule has 2 aliphatic heterocycles. The Bertz CT molecular complexity index is 3160. The van der Waals surface area contributed by atoms with Crippen LogP contribution in [-0.2, 0) is 50.1 Å². The second kappa shape index (κ2) is 17.5. The third-order valence-electron chi connectivity index (χ3n) is 12.6. The van der Waals surface area contributed by atoms with Crippen LogP contribution in [0.4, 0.5) is 0 Å². The minimum Gasteiger partial charge on any atom is -0.374 e. The Labute approximate surface area is 375 Å². The summed E-state index contributed by atoms with van der Waals surface area (Å²) in [5.74, 6) is -0.731. The Morgan fingerprint density at radius 3 is 1.72 bits per heavy atom. The lowest BCUT2D eigenvalue weighted by Crippen LogP contribution is -2.59. The highest BCUT2D eigenvalue weighted by Crippen LogP contribution is 2.48. The Morgan fingerprint density at radius 1 is 0.585 bits per heavy atom. The number of nitrogens with zero attached hydrogens (tertiary/aromatic N) is 3. The van der Waals surface area contributed by atoms with E-state index in [9.17, 15) is 9.59 Å². The normalized spacial score (nSPS) is 19.8. The summed E-state index contributed by atoms with van der Waals surface area (Å²) in [6.07, 6.45) is -0.268. The van der Waals surface area contributed by atoms with E-state index in [1.807, 2.05) is 152 Å². The van der Waals surface area contributed by atoms with Crippen molar-refractivity contribution in [3.05, 3.63) is 197 Å². The van der Waals surface area contributed by atoms with Crippen LogP contribution in [0.2, 0.25) is 0 Å². The summed E-state index contributed by atoms with van der Waals surface area (Å²) in [6, 6.07) is 50.1. The van der Waals surface area contributed by atoms with Crippen LogP contribution >= 0.6 is 0 Å². The number of amides is 2. The Balaban J connectivity index is 1.14. The molecule has 1 saturated heterocycles. The number of imide groups is 1. The maximum atomic E-state index is 14.4. The topological polar surface area (TPSA) is 117 Å². The molecule has 2 aliphatic rings. The minimum absolute atomic E-state index is 0.166. The molecule has 324 valence electrons. The van der Waals surface area contributed by atoms with Gasteiger partial charge in [0.15, 0.2) is 6.23 Å². The number of hydrogen-bond donors (Lipinski definition) is 1. The van der Waals surface area contributed by atoms with Crippen molar-refractivity contribution >= 4 is 55.4 Å². The van der Waals surface area contributed by atoms with Crippen LogP contribution in [-0.4, -0.2) is 69.3 Å². The standard InChI is InChI=1S/C54H46N4O7/c1-57-52(59)45-43-39-28-55-27-26-40(39)56-47(43)48-44(46(45)53(57)60)38-24-14-15-25-41(38)58(48)54-51(64-32-37-22-12-5-13-23-37)50(63-31-36-20-10-4-11-21-36)49(62-30-35-18-8-3-9-19-35)42(65-54)33-61-29-34-16-6-2-7-17-34/h2-28,42,49-51,54,56H,29-33H2,1H3/t42-,49-,50+,51-,54-/m1/s1. The van der Waals surface area contributed by atoms with Crippen molar-refractivity contribution in [2.45, 2.75) is 57.1 Å². The molecule has 5 atom stereocenters. The maximum Gasteiger partial charge on any atom is 0.262 e. The van der Waals surface area contributed by atoms with Crippen LogP contribution < -0.4 is 0 Å². The number of hydrogen-bond acceptors (Lipinski definition) is 8. The molecule has 0 unspecified atom stereocenters. The fourth-order valence-corrected chi connectivity index (χ4v) is 9.58. The second-order valence-corrected chi connectivity index (χ2v) is 16.7. The zero-order valence-electron chi connectivity index (χ0n) is 35.7. The van der Waals surface area contributed by atoms with Crippen LogP contribution in [0.25, 0.3) is 43.6 Å². The van der Waals surface area contributed by atoms with Gasteiger partial charge in [0.25, 0.3) is 11.8 Å². The summed E-state index contributed by atoms with van der Waals surface area (Å²) < 4.78 is 37.5. The van der Waals surface area contributed by atoms with Crippen molar-refractivity contribution in [3.63, 3.8) is 0 Å². The van der Waals surface area contributed by atoms with Gasteiger partial charge >= 0.3 is 0 Å². The summed E-state index contributed by atoms with van der Waals surface area (Å²) in [4.78, 5) is 37.9. The van der Waals surface area contributed by atoms with Gasteiger partial charge in [0.1, 0.15) is 24.4 Å². The number of pyridine rings is 1. The van der Waals surface area contributed by atoms with Gasteiger partial charge in [0.05, 0.1) is 60.7 Å². The number of rotatable bonds is 14. The van der Waals surface area contributed by atoms with Crippen LogP contribution in [0, 0.1) is 0 Å². The summed E-state index contributed by atoms with van der Waals surface area (Å²) >= 11 is 0. The predicted molar refractivity (Wildman–Crippen MR) is 248 cm³/mol. The van der Waals surface area contributed by atoms with Crippen molar-refractivity contribution in [2.24, 2.45) is 0 Å². The molecule has 0 saturated carbocycles. The van der Waals surface area contributed by atoms with Crippen LogP contribution in [0.3, 0.4) is 0 Å². The Morgan fingerprint density at radius 2 is 1.11 bits per heavy atom. The van der Waals surface area contributed by atoms with E-state index in [2.05, 4.69) is 14.5 Å². The van der Waals surface area contributed by atoms with Gasteiger partial charge in [-0.25, -0.2) is 0 Å². The molecule has 11 heteroatoms. The smallest absolute Gasteiger partial charge is 0.262 e. The van der Waals surface area contributed by atoms with Gasteiger partial charge in [0, 0.05) is 46.5 Å². The van der Waals surface area contributed by atoms with Gasteiger partial charge in [-0.3, -0.25) is 19.5 Å². The zero-order chi connectivity index (χ0) is 43.9. The highest BCUT2D eigenvalue weighted by Gasteiger charge is 2.51. The third kappa shape index (κ3) is 7.47. The van der Waals surface area contributed by atoms with E-state index in [1.54, 1.807) is 12.4 Å². The predicted octanol–water partition coefficient (Wildman–Crippen LogP) is 9.92. The van der Waals surface area contributed by atoms with Gasteiger partial charge in [0.2, 0.25) is 0 Å². The quantitative estimate of drug-likeness (QED) is 0.108. The molecule has 6 aromatic carbocycles. The first-order valence-corrected chi connectivity index (χ1v) is 21.9. The van der Waals surface area contributed by atoms with Crippen molar-refractivity contribution in [1.82, 2.24) is 19.4 Å². The monoisotopic (exact) mass is 862 g/mol. The number of para-hydroxylation sites is 1. The van der Waals surface area contributed by atoms with Crippen molar-refractivity contribution in [3.8, 4) is 0 Å². The molecule has 11 rings (SSSR count). The third-order valence-corrected chi connectivity index (χ3v) is 12.6. The first kappa shape index (κ1) is 40.8. The molecule has 9 aromatic rings. The molecule has 5 heterocycles. The molecule has 1 N–H and O–H groups in total.